The molecule has 1 aromatic heterocycles. The second-order valence-corrected chi connectivity index (χ2v) is 5.93. The van der Waals surface area contributed by atoms with Crippen molar-refractivity contribution in [3.05, 3.63) is 65.4 Å². The molecule has 1 amide bonds. The first-order valence-electron chi connectivity index (χ1n) is 8.43. The van der Waals surface area contributed by atoms with Crippen LogP contribution in [-0.4, -0.2) is 31.0 Å². The number of hydrogen-bond acceptors (Lipinski definition) is 3. The predicted molar refractivity (Wildman–Crippen MR) is 98.3 cm³/mol. The summed E-state index contributed by atoms with van der Waals surface area (Å²) in [6.45, 7) is 3.80. The standard InChI is InChI=1S/C20H23N3O/c1-3-15-6-8-16(9-7-15)17-10-13-23(14-11-17)19-18(20(24)21-2)5-4-12-22-19/h4-10,12H,3,11,13-14H2,1-2H3,(H,21,24). The fraction of sp³-hybridized carbons (Fsp3) is 0.300. The lowest BCUT2D eigenvalue weighted by Crippen LogP contribution is -2.32. The van der Waals surface area contributed by atoms with Crippen LogP contribution in [0.25, 0.3) is 5.57 Å². The molecule has 0 atom stereocenters. The van der Waals surface area contributed by atoms with E-state index in [1.54, 1.807) is 19.3 Å². The van der Waals surface area contributed by atoms with Crippen LogP contribution >= 0.6 is 0 Å². The molecule has 2 aromatic rings. The van der Waals surface area contributed by atoms with E-state index in [0.717, 1.165) is 31.7 Å². The van der Waals surface area contributed by atoms with Gasteiger partial charge in [0, 0.05) is 26.3 Å². The average Bonchev–Trinajstić information content (AvgIpc) is 2.67. The van der Waals surface area contributed by atoms with E-state index < -0.39 is 0 Å². The highest BCUT2D eigenvalue weighted by Gasteiger charge is 2.19. The molecule has 0 bridgehead atoms. The molecule has 0 saturated heterocycles. The lowest BCUT2D eigenvalue weighted by atomic mass is 9.98. The third-order valence-corrected chi connectivity index (χ3v) is 4.50. The highest BCUT2D eigenvalue weighted by Crippen LogP contribution is 2.26. The molecular formula is C20H23N3O. The van der Waals surface area contributed by atoms with Gasteiger partial charge < -0.3 is 10.2 Å². The van der Waals surface area contributed by atoms with Crippen LogP contribution in [0.15, 0.2) is 48.7 Å². The van der Waals surface area contributed by atoms with E-state index in [0.29, 0.717) is 5.56 Å². The molecule has 1 aliphatic rings. The van der Waals surface area contributed by atoms with E-state index in [9.17, 15) is 4.79 Å². The first-order chi connectivity index (χ1) is 11.7. The summed E-state index contributed by atoms with van der Waals surface area (Å²) >= 11 is 0. The second-order valence-electron chi connectivity index (χ2n) is 5.93. The number of pyridine rings is 1. The summed E-state index contributed by atoms with van der Waals surface area (Å²) < 4.78 is 0. The van der Waals surface area contributed by atoms with Crippen molar-refractivity contribution in [2.45, 2.75) is 19.8 Å². The Morgan fingerprint density at radius 1 is 1.25 bits per heavy atom. The van der Waals surface area contributed by atoms with Gasteiger partial charge in [0.05, 0.1) is 5.56 Å². The van der Waals surface area contributed by atoms with Gasteiger partial charge in [0.2, 0.25) is 0 Å². The van der Waals surface area contributed by atoms with Gasteiger partial charge in [-0.1, -0.05) is 37.3 Å². The minimum absolute atomic E-state index is 0.0944. The number of rotatable bonds is 4. The Kier molecular flexibility index (Phi) is 4.94. The molecule has 4 nitrogen and oxygen atoms in total. The van der Waals surface area contributed by atoms with Crippen molar-refractivity contribution in [3.8, 4) is 0 Å². The van der Waals surface area contributed by atoms with Crippen molar-refractivity contribution < 1.29 is 4.79 Å². The summed E-state index contributed by atoms with van der Waals surface area (Å²) in [5.41, 5.74) is 4.65. The van der Waals surface area contributed by atoms with Crippen molar-refractivity contribution in [2.24, 2.45) is 0 Å². The number of amides is 1. The lowest BCUT2D eigenvalue weighted by molar-refractivity contribution is 0.0963. The fourth-order valence-electron chi connectivity index (χ4n) is 3.04. The number of nitrogens with one attached hydrogen (secondary N) is 1. The van der Waals surface area contributed by atoms with Crippen LogP contribution in [0.5, 0.6) is 0 Å². The molecule has 0 aliphatic carbocycles. The number of carbonyl (C=O) groups excluding carboxylic acids is 1. The maximum absolute atomic E-state index is 12.0. The summed E-state index contributed by atoms with van der Waals surface area (Å²) in [5, 5.41) is 2.69. The summed E-state index contributed by atoms with van der Waals surface area (Å²) in [5.74, 6) is 0.663. The summed E-state index contributed by atoms with van der Waals surface area (Å²) in [6.07, 6.45) is 6.00. The zero-order chi connectivity index (χ0) is 16.9. The quantitative estimate of drug-likeness (QED) is 0.940. The van der Waals surface area contributed by atoms with Gasteiger partial charge in [-0.05, 0) is 41.7 Å². The van der Waals surface area contributed by atoms with Crippen LogP contribution in [-0.2, 0) is 6.42 Å². The smallest absolute Gasteiger partial charge is 0.254 e. The average molecular weight is 321 g/mol. The van der Waals surface area contributed by atoms with Crippen molar-refractivity contribution in [2.75, 3.05) is 25.0 Å². The molecule has 2 heterocycles. The Labute approximate surface area is 143 Å². The zero-order valence-electron chi connectivity index (χ0n) is 14.2. The second kappa shape index (κ2) is 7.30. The van der Waals surface area contributed by atoms with Gasteiger partial charge in [0.25, 0.3) is 5.91 Å². The molecular weight excluding hydrogens is 298 g/mol. The van der Waals surface area contributed by atoms with Crippen molar-refractivity contribution in [1.82, 2.24) is 10.3 Å². The first-order valence-corrected chi connectivity index (χ1v) is 8.43. The first kappa shape index (κ1) is 16.2. The van der Waals surface area contributed by atoms with E-state index in [1.165, 1.54) is 16.7 Å². The Hall–Kier alpha value is -2.62. The Balaban J connectivity index is 1.79. The fourth-order valence-corrected chi connectivity index (χ4v) is 3.04. The molecule has 0 saturated carbocycles. The molecule has 0 fully saturated rings. The highest BCUT2D eigenvalue weighted by atomic mass is 16.1. The van der Waals surface area contributed by atoms with E-state index in [1.807, 2.05) is 6.07 Å². The van der Waals surface area contributed by atoms with Crippen LogP contribution in [0.2, 0.25) is 0 Å². The van der Waals surface area contributed by atoms with Crippen LogP contribution in [0.1, 0.15) is 34.8 Å². The number of anilines is 1. The van der Waals surface area contributed by atoms with E-state index in [-0.39, 0.29) is 5.91 Å². The van der Waals surface area contributed by atoms with Gasteiger partial charge in [-0.2, -0.15) is 0 Å². The number of hydrogen-bond donors (Lipinski definition) is 1. The number of nitrogens with zero attached hydrogens (tertiary/aromatic N) is 2. The molecule has 3 rings (SSSR count). The lowest BCUT2D eigenvalue weighted by Gasteiger charge is -2.29. The van der Waals surface area contributed by atoms with E-state index >= 15 is 0 Å². The minimum atomic E-state index is -0.0944. The van der Waals surface area contributed by atoms with Crippen LogP contribution in [0, 0.1) is 0 Å². The number of aromatic nitrogens is 1. The van der Waals surface area contributed by atoms with Gasteiger partial charge in [-0.25, -0.2) is 4.98 Å². The van der Waals surface area contributed by atoms with Gasteiger partial charge in [0.15, 0.2) is 0 Å². The maximum atomic E-state index is 12.0. The van der Waals surface area contributed by atoms with Crippen LogP contribution < -0.4 is 10.2 Å². The molecule has 0 spiro atoms. The van der Waals surface area contributed by atoms with Crippen molar-refractivity contribution in [1.29, 1.82) is 0 Å². The summed E-state index contributed by atoms with van der Waals surface area (Å²) in [6, 6.07) is 12.4. The molecule has 124 valence electrons. The Morgan fingerprint density at radius 3 is 2.67 bits per heavy atom. The van der Waals surface area contributed by atoms with Crippen molar-refractivity contribution >= 4 is 17.3 Å². The molecule has 1 aromatic carbocycles. The van der Waals surface area contributed by atoms with Gasteiger partial charge in [-0.3, -0.25) is 4.79 Å². The highest BCUT2D eigenvalue weighted by molar-refractivity contribution is 5.98. The third-order valence-electron chi connectivity index (χ3n) is 4.50. The van der Waals surface area contributed by atoms with E-state index in [4.69, 9.17) is 0 Å². The monoisotopic (exact) mass is 321 g/mol. The zero-order valence-corrected chi connectivity index (χ0v) is 14.2. The van der Waals surface area contributed by atoms with Crippen LogP contribution in [0.4, 0.5) is 5.82 Å². The molecule has 1 aliphatic heterocycles. The minimum Gasteiger partial charge on any atom is -0.355 e. The molecule has 24 heavy (non-hydrogen) atoms. The van der Waals surface area contributed by atoms with E-state index in [2.05, 4.69) is 52.5 Å². The molecule has 0 radical (unpaired) electrons. The summed E-state index contributed by atoms with van der Waals surface area (Å²) in [7, 11) is 1.65. The van der Waals surface area contributed by atoms with Crippen molar-refractivity contribution in [3.63, 3.8) is 0 Å². The Bertz CT molecular complexity index is 750. The number of carbonyl (C=O) groups is 1. The van der Waals surface area contributed by atoms with Gasteiger partial charge in [-0.15, -0.1) is 0 Å². The SMILES string of the molecule is CCc1ccc(C2=CCN(c3ncccc3C(=O)NC)CC2)cc1. The largest absolute Gasteiger partial charge is 0.355 e. The predicted octanol–water partition coefficient (Wildman–Crippen LogP) is 3.30. The van der Waals surface area contributed by atoms with Crippen LogP contribution in [0.3, 0.4) is 0 Å². The molecule has 1 N–H and O–H groups in total. The normalized spacial score (nSPS) is 14.2. The number of benzene rings is 1. The maximum Gasteiger partial charge on any atom is 0.254 e. The topological polar surface area (TPSA) is 45.2 Å². The summed E-state index contributed by atoms with van der Waals surface area (Å²) in [4.78, 5) is 18.6. The van der Waals surface area contributed by atoms with Gasteiger partial charge >= 0.3 is 0 Å². The third kappa shape index (κ3) is 3.32. The number of aryl methyl sites for hydroxylation is 1. The molecule has 4 heteroatoms. The Morgan fingerprint density at radius 2 is 2.04 bits per heavy atom. The van der Waals surface area contributed by atoms with Gasteiger partial charge in [0.1, 0.15) is 5.82 Å². The molecule has 0 unspecified atom stereocenters.